The van der Waals surface area contributed by atoms with Gasteiger partial charge in [0.15, 0.2) is 0 Å². The molecule has 18 heavy (non-hydrogen) atoms. The fourth-order valence-corrected chi connectivity index (χ4v) is 2.12. The Morgan fingerprint density at radius 1 is 1.06 bits per heavy atom. The van der Waals surface area contributed by atoms with Crippen LogP contribution in [0.4, 0.5) is 0 Å². The van der Waals surface area contributed by atoms with Crippen LogP contribution in [0.1, 0.15) is 51.0 Å². The van der Waals surface area contributed by atoms with Crippen LogP contribution < -0.4 is 4.74 Å². The second-order valence-corrected chi connectivity index (χ2v) is 4.73. The fourth-order valence-electron chi connectivity index (χ4n) is 2.12. The van der Waals surface area contributed by atoms with E-state index in [-0.39, 0.29) is 0 Å². The van der Waals surface area contributed by atoms with Crippen LogP contribution in [-0.2, 0) is 6.42 Å². The van der Waals surface area contributed by atoms with Crippen molar-refractivity contribution in [2.45, 2.75) is 51.9 Å². The summed E-state index contributed by atoms with van der Waals surface area (Å²) < 4.78 is 5.23. The predicted molar refractivity (Wildman–Crippen MR) is 79.2 cm³/mol. The van der Waals surface area contributed by atoms with Gasteiger partial charge in [-0.05, 0) is 50.3 Å². The number of aryl methyl sites for hydroxylation is 1. The molecule has 0 radical (unpaired) electrons. The summed E-state index contributed by atoms with van der Waals surface area (Å²) in [5.74, 6) is 0.971. The van der Waals surface area contributed by atoms with Gasteiger partial charge in [-0.15, -0.1) is 0 Å². The Labute approximate surface area is 112 Å². The minimum absolute atomic E-state index is 0.971. The zero-order valence-corrected chi connectivity index (χ0v) is 11.8. The standard InChI is InChI=1S/C17H26O/c1-3-4-5-6-7-8-9-10-12-16-13-11-14-17(15-16)18-2/h3-4,11,13-15H,5-10,12H2,1-2H3/b4-3+. The van der Waals surface area contributed by atoms with E-state index in [4.69, 9.17) is 4.74 Å². The Morgan fingerprint density at radius 3 is 2.61 bits per heavy atom. The number of hydrogen-bond acceptors (Lipinski definition) is 1. The lowest BCUT2D eigenvalue weighted by molar-refractivity contribution is 0.414. The molecule has 0 atom stereocenters. The van der Waals surface area contributed by atoms with Crippen molar-refractivity contribution in [3.63, 3.8) is 0 Å². The minimum atomic E-state index is 0.971. The first-order chi connectivity index (χ1) is 8.86. The quantitative estimate of drug-likeness (QED) is 0.432. The average molecular weight is 246 g/mol. The van der Waals surface area contributed by atoms with Crippen molar-refractivity contribution in [3.05, 3.63) is 42.0 Å². The lowest BCUT2D eigenvalue weighted by Gasteiger charge is -2.04. The van der Waals surface area contributed by atoms with E-state index < -0.39 is 0 Å². The van der Waals surface area contributed by atoms with Crippen molar-refractivity contribution in [3.8, 4) is 5.75 Å². The van der Waals surface area contributed by atoms with E-state index in [1.165, 1.54) is 50.5 Å². The Morgan fingerprint density at radius 2 is 1.83 bits per heavy atom. The number of hydrogen-bond donors (Lipinski definition) is 0. The van der Waals surface area contributed by atoms with E-state index >= 15 is 0 Å². The van der Waals surface area contributed by atoms with E-state index in [1.54, 1.807) is 7.11 Å². The number of methoxy groups -OCH3 is 1. The third-order valence-electron chi connectivity index (χ3n) is 3.21. The summed E-state index contributed by atoms with van der Waals surface area (Å²) in [4.78, 5) is 0. The van der Waals surface area contributed by atoms with Gasteiger partial charge in [-0.2, -0.15) is 0 Å². The molecule has 100 valence electrons. The summed E-state index contributed by atoms with van der Waals surface area (Å²) in [6.45, 7) is 2.09. The second kappa shape index (κ2) is 9.76. The molecule has 1 aromatic carbocycles. The van der Waals surface area contributed by atoms with E-state index in [2.05, 4.69) is 37.3 Å². The highest BCUT2D eigenvalue weighted by Gasteiger charge is 1.96. The Hall–Kier alpha value is -1.24. The first-order valence-electron chi connectivity index (χ1n) is 7.11. The average Bonchev–Trinajstić information content (AvgIpc) is 2.42. The van der Waals surface area contributed by atoms with Gasteiger partial charge in [0.05, 0.1) is 7.11 Å². The molecular formula is C17H26O. The van der Waals surface area contributed by atoms with Gasteiger partial charge >= 0.3 is 0 Å². The molecule has 1 heteroatoms. The SMILES string of the molecule is C/C=C/CCCCCCCc1cccc(OC)c1. The first-order valence-corrected chi connectivity index (χ1v) is 7.11. The van der Waals surface area contributed by atoms with Crippen molar-refractivity contribution < 1.29 is 4.74 Å². The molecule has 0 aliphatic carbocycles. The smallest absolute Gasteiger partial charge is 0.119 e. The van der Waals surface area contributed by atoms with Crippen LogP contribution >= 0.6 is 0 Å². The molecule has 0 saturated carbocycles. The lowest BCUT2D eigenvalue weighted by Crippen LogP contribution is -1.88. The predicted octanol–water partition coefficient (Wildman–Crippen LogP) is 5.15. The monoisotopic (exact) mass is 246 g/mol. The number of allylic oxidation sites excluding steroid dienone is 2. The van der Waals surface area contributed by atoms with Gasteiger partial charge in [0.2, 0.25) is 0 Å². The summed E-state index contributed by atoms with van der Waals surface area (Å²) in [6.07, 6.45) is 13.5. The zero-order valence-electron chi connectivity index (χ0n) is 11.8. The molecule has 0 heterocycles. The molecule has 0 fully saturated rings. The van der Waals surface area contributed by atoms with Gasteiger partial charge in [-0.3, -0.25) is 0 Å². The van der Waals surface area contributed by atoms with Gasteiger partial charge in [-0.1, -0.05) is 43.5 Å². The van der Waals surface area contributed by atoms with Crippen LogP contribution in [-0.4, -0.2) is 7.11 Å². The summed E-state index contributed by atoms with van der Waals surface area (Å²) in [5, 5.41) is 0. The van der Waals surface area contributed by atoms with Crippen LogP contribution in [0.2, 0.25) is 0 Å². The molecule has 0 aromatic heterocycles. The maximum Gasteiger partial charge on any atom is 0.119 e. The van der Waals surface area contributed by atoms with Gasteiger partial charge in [-0.25, -0.2) is 0 Å². The highest BCUT2D eigenvalue weighted by atomic mass is 16.5. The van der Waals surface area contributed by atoms with Crippen LogP contribution in [0.25, 0.3) is 0 Å². The normalized spacial score (nSPS) is 11.0. The van der Waals surface area contributed by atoms with Crippen LogP contribution in [0.5, 0.6) is 5.75 Å². The molecule has 0 N–H and O–H groups in total. The summed E-state index contributed by atoms with van der Waals surface area (Å²) in [7, 11) is 1.73. The third-order valence-corrected chi connectivity index (χ3v) is 3.21. The molecule has 0 spiro atoms. The summed E-state index contributed by atoms with van der Waals surface area (Å²) in [6, 6.07) is 8.41. The maximum absolute atomic E-state index is 5.23. The van der Waals surface area contributed by atoms with Crippen LogP contribution in [0, 0.1) is 0 Å². The number of unbranched alkanes of at least 4 members (excludes halogenated alkanes) is 5. The molecule has 0 amide bonds. The Balaban J connectivity index is 2.06. The summed E-state index contributed by atoms with van der Waals surface area (Å²) in [5.41, 5.74) is 1.39. The van der Waals surface area contributed by atoms with Gasteiger partial charge in [0.1, 0.15) is 5.75 Å². The number of ether oxygens (including phenoxy) is 1. The molecule has 1 nitrogen and oxygen atoms in total. The topological polar surface area (TPSA) is 9.23 Å². The van der Waals surface area contributed by atoms with Crippen LogP contribution in [0.15, 0.2) is 36.4 Å². The molecule has 0 bridgehead atoms. The Kier molecular flexibility index (Phi) is 8.03. The molecule has 0 aliphatic heterocycles. The highest BCUT2D eigenvalue weighted by molar-refractivity contribution is 5.28. The third kappa shape index (κ3) is 6.48. The molecular weight excluding hydrogens is 220 g/mol. The van der Waals surface area contributed by atoms with E-state index in [1.807, 2.05) is 6.07 Å². The van der Waals surface area contributed by atoms with E-state index in [0.717, 1.165) is 5.75 Å². The van der Waals surface area contributed by atoms with Crippen molar-refractivity contribution in [1.29, 1.82) is 0 Å². The molecule has 1 aromatic rings. The van der Waals surface area contributed by atoms with Crippen molar-refractivity contribution in [1.82, 2.24) is 0 Å². The second-order valence-electron chi connectivity index (χ2n) is 4.73. The largest absolute Gasteiger partial charge is 0.497 e. The van der Waals surface area contributed by atoms with Gasteiger partial charge < -0.3 is 4.74 Å². The molecule has 0 saturated heterocycles. The molecule has 0 unspecified atom stereocenters. The lowest BCUT2D eigenvalue weighted by atomic mass is 10.0. The molecule has 1 rings (SSSR count). The van der Waals surface area contributed by atoms with Crippen molar-refractivity contribution >= 4 is 0 Å². The maximum atomic E-state index is 5.23. The fraction of sp³-hybridized carbons (Fsp3) is 0.529. The van der Waals surface area contributed by atoms with E-state index in [9.17, 15) is 0 Å². The summed E-state index contributed by atoms with van der Waals surface area (Å²) >= 11 is 0. The van der Waals surface area contributed by atoms with Crippen molar-refractivity contribution in [2.24, 2.45) is 0 Å². The van der Waals surface area contributed by atoms with E-state index in [0.29, 0.717) is 0 Å². The number of rotatable bonds is 9. The van der Waals surface area contributed by atoms with Crippen molar-refractivity contribution in [2.75, 3.05) is 7.11 Å². The van der Waals surface area contributed by atoms with Gasteiger partial charge in [0.25, 0.3) is 0 Å². The number of benzene rings is 1. The first kappa shape index (κ1) is 14.8. The van der Waals surface area contributed by atoms with Crippen LogP contribution in [0.3, 0.4) is 0 Å². The Bertz CT molecular complexity index is 341. The molecule has 0 aliphatic rings. The zero-order chi connectivity index (χ0) is 13.1. The highest BCUT2D eigenvalue weighted by Crippen LogP contribution is 2.15. The minimum Gasteiger partial charge on any atom is -0.497 e. The van der Waals surface area contributed by atoms with Gasteiger partial charge in [0, 0.05) is 0 Å².